The Balaban J connectivity index is 2.13. The molecule has 0 aromatic rings. The van der Waals surface area contributed by atoms with E-state index in [-0.39, 0.29) is 0 Å². The summed E-state index contributed by atoms with van der Waals surface area (Å²) in [7, 11) is 0. The van der Waals surface area contributed by atoms with Crippen molar-refractivity contribution in [2.75, 3.05) is 26.2 Å². The lowest BCUT2D eigenvalue weighted by Gasteiger charge is -2.35. The quantitative estimate of drug-likeness (QED) is 0.681. The van der Waals surface area contributed by atoms with E-state index in [1.165, 1.54) is 38.9 Å². The van der Waals surface area contributed by atoms with Crippen LogP contribution in [0, 0.1) is 5.92 Å². The van der Waals surface area contributed by atoms with Crippen molar-refractivity contribution in [3.8, 4) is 0 Å². The molecule has 0 bridgehead atoms. The molecule has 0 aromatic heterocycles. The Labute approximate surface area is 89.1 Å². The van der Waals surface area contributed by atoms with Crippen LogP contribution in [0.4, 0.5) is 0 Å². The first-order valence-electron chi connectivity index (χ1n) is 6.18. The highest BCUT2D eigenvalue weighted by molar-refractivity contribution is 4.74. The molecule has 84 valence electrons. The predicted octanol–water partition coefficient (Wildman–Crippen LogP) is 2.11. The summed E-state index contributed by atoms with van der Waals surface area (Å²) in [4.78, 5) is 2.65. The SMILES string of the molecule is CCNCCC(C)N1CCC(C)CC1. The third-order valence-electron chi connectivity index (χ3n) is 3.43. The summed E-state index contributed by atoms with van der Waals surface area (Å²) in [5, 5.41) is 3.40. The number of likely N-dealkylation sites (tertiary alicyclic amines) is 1. The fourth-order valence-electron chi connectivity index (χ4n) is 2.14. The highest BCUT2D eigenvalue weighted by Crippen LogP contribution is 2.18. The van der Waals surface area contributed by atoms with Crippen LogP contribution in [0.5, 0.6) is 0 Å². The molecule has 0 spiro atoms. The molecule has 0 saturated carbocycles. The first-order valence-corrected chi connectivity index (χ1v) is 6.18. The zero-order valence-corrected chi connectivity index (χ0v) is 10.1. The summed E-state index contributed by atoms with van der Waals surface area (Å²) in [6, 6.07) is 0.765. The van der Waals surface area contributed by atoms with Crippen LogP contribution in [0.15, 0.2) is 0 Å². The minimum atomic E-state index is 0.765. The minimum absolute atomic E-state index is 0.765. The monoisotopic (exact) mass is 198 g/mol. The van der Waals surface area contributed by atoms with Gasteiger partial charge in [-0.15, -0.1) is 0 Å². The molecule has 1 aliphatic rings. The largest absolute Gasteiger partial charge is 0.317 e. The number of hydrogen-bond donors (Lipinski definition) is 1. The third-order valence-corrected chi connectivity index (χ3v) is 3.43. The lowest BCUT2D eigenvalue weighted by Crippen LogP contribution is -2.40. The van der Waals surface area contributed by atoms with Crippen molar-refractivity contribution in [2.24, 2.45) is 5.92 Å². The summed E-state index contributed by atoms with van der Waals surface area (Å²) < 4.78 is 0. The average Bonchev–Trinajstić information content (AvgIpc) is 2.19. The molecule has 0 aromatic carbocycles. The van der Waals surface area contributed by atoms with Crippen LogP contribution in [-0.2, 0) is 0 Å². The molecule has 1 unspecified atom stereocenters. The zero-order chi connectivity index (χ0) is 10.4. The summed E-state index contributed by atoms with van der Waals surface area (Å²) in [5.41, 5.74) is 0. The first kappa shape index (κ1) is 12.0. The van der Waals surface area contributed by atoms with Crippen LogP contribution in [0.25, 0.3) is 0 Å². The highest BCUT2D eigenvalue weighted by Gasteiger charge is 2.19. The van der Waals surface area contributed by atoms with Crippen molar-refractivity contribution in [3.63, 3.8) is 0 Å². The van der Waals surface area contributed by atoms with E-state index in [4.69, 9.17) is 0 Å². The maximum absolute atomic E-state index is 3.40. The van der Waals surface area contributed by atoms with Crippen LogP contribution in [0.2, 0.25) is 0 Å². The molecule has 0 radical (unpaired) electrons. The van der Waals surface area contributed by atoms with Gasteiger partial charge in [0.2, 0.25) is 0 Å². The summed E-state index contributed by atoms with van der Waals surface area (Å²) in [6.07, 6.45) is 4.08. The maximum atomic E-state index is 3.40. The van der Waals surface area contributed by atoms with Crippen LogP contribution in [0.3, 0.4) is 0 Å². The zero-order valence-electron chi connectivity index (χ0n) is 10.1. The Kier molecular flexibility index (Phi) is 5.49. The summed E-state index contributed by atoms with van der Waals surface area (Å²) in [6.45, 7) is 11.8. The van der Waals surface area contributed by atoms with E-state index >= 15 is 0 Å². The summed E-state index contributed by atoms with van der Waals surface area (Å²) >= 11 is 0. The maximum Gasteiger partial charge on any atom is 0.00790 e. The van der Waals surface area contributed by atoms with Gasteiger partial charge < -0.3 is 10.2 Å². The fourth-order valence-corrected chi connectivity index (χ4v) is 2.14. The molecule has 1 N–H and O–H groups in total. The second-order valence-corrected chi connectivity index (χ2v) is 4.71. The van der Waals surface area contributed by atoms with Crippen molar-refractivity contribution < 1.29 is 0 Å². The van der Waals surface area contributed by atoms with Gasteiger partial charge in [-0.05, 0) is 58.3 Å². The average molecular weight is 198 g/mol. The standard InChI is InChI=1S/C12H26N2/c1-4-13-8-5-12(3)14-9-6-11(2)7-10-14/h11-13H,4-10H2,1-3H3. The number of nitrogens with zero attached hydrogens (tertiary/aromatic N) is 1. The second-order valence-electron chi connectivity index (χ2n) is 4.71. The Morgan fingerprint density at radius 1 is 1.36 bits per heavy atom. The van der Waals surface area contributed by atoms with Gasteiger partial charge in [-0.3, -0.25) is 0 Å². The van der Waals surface area contributed by atoms with Gasteiger partial charge in [-0.25, -0.2) is 0 Å². The molecule has 0 aliphatic carbocycles. The molecule has 0 amide bonds. The molecule has 1 aliphatic heterocycles. The van der Waals surface area contributed by atoms with Gasteiger partial charge in [0.25, 0.3) is 0 Å². The molecule has 1 saturated heterocycles. The van der Waals surface area contributed by atoms with E-state index in [1.807, 2.05) is 0 Å². The van der Waals surface area contributed by atoms with Crippen LogP contribution in [0.1, 0.15) is 40.0 Å². The van der Waals surface area contributed by atoms with Crippen molar-refractivity contribution in [1.82, 2.24) is 10.2 Å². The normalized spacial score (nSPS) is 22.5. The molecule has 1 rings (SSSR count). The molecular formula is C12H26N2. The highest BCUT2D eigenvalue weighted by atomic mass is 15.2. The van der Waals surface area contributed by atoms with E-state index in [0.29, 0.717) is 0 Å². The Bertz CT molecular complexity index is 139. The van der Waals surface area contributed by atoms with E-state index in [9.17, 15) is 0 Å². The molecule has 2 nitrogen and oxygen atoms in total. The Morgan fingerprint density at radius 2 is 2.00 bits per heavy atom. The van der Waals surface area contributed by atoms with Crippen molar-refractivity contribution in [2.45, 2.75) is 46.1 Å². The van der Waals surface area contributed by atoms with E-state index < -0.39 is 0 Å². The minimum Gasteiger partial charge on any atom is -0.317 e. The number of hydrogen-bond acceptors (Lipinski definition) is 2. The van der Waals surface area contributed by atoms with Crippen molar-refractivity contribution in [1.29, 1.82) is 0 Å². The van der Waals surface area contributed by atoms with Gasteiger partial charge in [-0.2, -0.15) is 0 Å². The van der Waals surface area contributed by atoms with Crippen molar-refractivity contribution in [3.05, 3.63) is 0 Å². The predicted molar refractivity (Wildman–Crippen MR) is 62.6 cm³/mol. The van der Waals surface area contributed by atoms with Crippen molar-refractivity contribution >= 4 is 0 Å². The summed E-state index contributed by atoms with van der Waals surface area (Å²) in [5.74, 6) is 0.951. The Morgan fingerprint density at radius 3 is 2.57 bits per heavy atom. The van der Waals surface area contributed by atoms with Crippen LogP contribution < -0.4 is 5.32 Å². The number of nitrogens with one attached hydrogen (secondary N) is 1. The molecule has 2 heteroatoms. The molecule has 1 fully saturated rings. The lowest BCUT2D eigenvalue weighted by molar-refractivity contribution is 0.141. The van der Waals surface area contributed by atoms with Gasteiger partial charge >= 0.3 is 0 Å². The van der Waals surface area contributed by atoms with Gasteiger partial charge in [-0.1, -0.05) is 13.8 Å². The fraction of sp³-hybridized carbons (Fsp3) is 1.00. The van der Waals surface area contributed by atoms with Gasteiger partial charge in [0, 0.05) is 6.04 Å². The van der Waals surface area contributed by atoms with Crippen LogP contribution in [-0.4, -0.2) is 37.1 Å². The molecule has 1 atom stereocenters. The van der Waals surface area contributed by atoms with E-state index in [0.717, 1.165) is 18.5 Å². The Hall–Kier alpha value is -0.0800. The topological polar surface area (TPSA) is 15.3 Å². The molecular weight excluding hydrogens is 172 g/mol. The van der Waals surface area contributed by atoms with E-state index in [1.54, 1.807) is 0 Å². The number of rotatable bonds is 5. The number of piperidine rings is 1. The smallest absolute Gasteiger partial charge is 0.00790 e. The second kappa shape index (κ2) is 6.41. The molecule has 14 heavy (non-hydrogen) atoms. The molecule has 1 heterocycles. The van der Waals surface area contributed by atoms with Crippen LogP contribution >= 0.6 is 0 Å². The third kappa shape index (κ3) is 3.97. The van der Waals surface area contributed by atoms with E-state index in [2.05, 4.69) is 31.0 Å². The van der Waals surface area contributed by atoms with Gasteiger partial charge in [0.15, 0.2) is 0 Å². The van der Waals surface area contributed by atoms with Gasteiger partial charge in [0.1, 0.15) is 0 Å². The lowest BCUT2D eigenvalue weighted by atomic mass is 9.97. The van der Waals surface area contributed by atoms with Gasteiger partial charge in [0.05, 0.1) is 0 Å². The first-order chi connectivity index (χ1) is 6.74.